The molecule has 122 valence electrons. The van der Waals surface area contributed by atoms with Gasteiger partial charge in [0.1, 0.15) is 0 Å². The van der Waals surface area contributed by atoms with Crippen LogP contribution in [0.2, 0.25) is 0 Å². The number of carbonyl (C=O) groups excluding carboxylic acids is 1. The van der Waals surface area contributed by atoms with Gasteiger partial charge in [-0.25, -0.2) is 8.42 Å². The average Bonchev–Trinajstić information content (AvgIpc) is 2.94. The minimum Gasteiger partial charge on any atom is -0.349 e. The van der Waals surface area contributed by atoms with Gasteiger partial charge < -0.3 is 11.1 Å². The molecule has 1 aliphatic rings. The summed E-state index contributed by atoms with van der Waals surface area (Å²) in [6.45, 7) is 0.497. The van der Waals surface area contributed by atoms with Gasteiger partial charge in [-0.15, -0.1) is 0 Å². The molecule has 2 unspecified atom stereocenters. The Morgan fingerprint density at radius 2 is 1.91 bits per heavy atom. The Hall–Kier alpha value is -1.54. The van der Waals surface area contributed by atoms with E-state index < -0.39 is 20.5 Å². The van der Waals surface area contributed by atoms with E-state index in [1.54, 1.807) is 0 Å². The Morgan fingerprint density at radius 3 is 2.45 bits per heavy atom. The number of nitrogens with two attached hydrogens (primary N) is 1. The number of amides is 1. The van der Waals surface area contributed by atoms with E-state index in [9.17, 15) is 22.0 Å². The van der Waals surface area contributed by atoms with Crippen LogP contribution in [-0.4, -0.2) is 32.7 Å². The molecule has 1 saturated carbocycles. The third kappa shape index (κ3) is 3.44. The maximum Gasteiger partial charge on any atom is 0.341 e. The number of carbonyl (C=O) groups is 1. The quantitative estimate of drug-likeness (QED) is 0.856. The molecule has 5 nitrogen and oxygen atoms in total. The number of alkyl halides is 2. The zero-order valence-electron chi connectivity index (χ0n) is 11.8. The average molecular weight is 332 g/mol. The lowest BCUT2D eigenvalue weighted by Gasteiger charge is -2.19. The predicted octanol–water partition coefficient (Wildman–Crippen LogP) is 1.54. The number of hydrogen-bond acceptors (Lipinski definition) is 4. The lowest BCUT2D eigenvalue weighted by atomic mass is 10.0. The molecule has 0 spiro atoms. The van der Waals surface area contributed by atoms with Crippen molar-refractivity contribution in [3.63, 3.8) is 0 Å². The molecule has 0 saturated heterocycles. The third-order valence-electron chi connectivity index (χ3n) is 3.96. The van der Waals surface area contributed by atoms with Crippen LogP contribution in [0.5, 0.6) is 0 Å². The van der Waals surface area contributed by atoms with Gasteiger partial charge in [0.2, 0.25) is 9.84 Å². The van der Waals surface area contributed by atoms with Gasteiger partial charge in [0.05, 0.1) is 4.90 Å². The first-order chi connectivity index (χ1) is 10.4. The second-order valence-corrected chi connectivity index (χ2v) is 7.25. The van der Waals surface area contributed by atoms with Gasteiger partial charge in [-0.1, -0.05) is 6.42 Å². The number of halogens is 2. The zero-order valence-corrected chi connectivity index (χ0v) is 12.7. The van der Waals surface area contributed by atoms with Gasteiger partial charge in [-0.05, 0) is 49.6 Å². The lowest BCUT2D eigenvalue weighted by Crippen LogP contribution is -2.39. The Balaban J connectivity index is 2.09. The zero-order chi connectivity index (χ0) is 16.3. The Labute approximate surface area is 127 Å². The maximum absolute atomic E-state index is 12.4. The smallest absolute Gasteiger partial charge is 0.341 e. The van der Waals surface area contributed by atoms with Crippen LogP contribution >= 0.6 is 0 Å². The largest absolute Gasteiger partial charge is 0.349 e. The fourth-order valence-electron chi connectivity index (χ4n) is 2.66. The lowest BCUT2D eigenvalue weighted by molar-refractivity contribution is 0.0928. The summed E-state index contributed by atoms with van der Waals surface area (Å²) in [5.41, 5.74) is 5.88. The van der Waals surface area contributed by atoms with Crippen LogP contribution in [0.25, 0.3) is 0 Å². The van der Waals surface area contributed by atoms with E-state index in [0.717, 1.165) is 31.4 Å². The molecule has 8 heteroatoms. The Bertz CT molecular complexity index is 632. The SMILES string of the molecule is NCC1CCCC1NC(=O)c1ccc(S(=O)(=O)C(F)F)cc1. The monoisotopic (exact) mass is 332 g/mol. The van der Waals surface area contributed by atoms with Gasteiger partial charge in [0.15, 0.2) is 0 Å². The number of nitrogens with one attached hydrogen (secondary N) is 1. The summed E-state index contributed by atoms with van der Waals surface area (Å²) in [7, 11) is -4.64. The van der Waals surface area contributed by atoms with Crippen molar-refractivity contribution in [3.05, 3.63) is 29.8 Å². The van der Waals surface area contributed by atoms with Crippen LogP contribution in [0.15, 0.2) is 29.2 Å². The summed E-state index contributed by atoms with van der Waals surface area (Å²) in [6.07, 6.45) is 2.82. The van der Waals surface area contributed by atoms with Crippen LogP contribution < -0.4 is 11.1 Å². The molecule has 1 aliphatic carbocycles. The second kappa shape index (κ2) is 6.70. The second-order valence-electron chi connectivity index (χ2n) is 5.34. The van der Waals surface area contributed by atoms with Gasteiger partial charge >= 0.3 is 5.76 Å². The van der Waals surface area contributed by atoms with Crippen LogP contribution in [0, 0.1) is 5.92 Å². The van der Waals surface area contributed by atoms with Crippen molar-refractivity contribution in [2.24, 2.45) is 11.7 Å². The normalized spacial score (nSPS) is 22.0. The molecule has 2 atom stereocenters. The highest BCUT2D eigenvalue weighted by Gasteiger charge is 2.29. The van der Waals surface area contributed by atoms with E-state index in [4.69, 9.17) is 5.73 Å². The first kappa shape index (κ1) is 16.8. The molecule has 0 radical (unpaired) electrons. The molecule has 1 aromatic rings. The van der Waals surface area contributed by atoms with Gasteiger partial charge in [-0.2, -0.15) is 8.78 Å². The standard InChI is InChI=1S/C14H18F2N2O3S/c15-14(16)22(20,21)11-6-4-9(5-7-11)13(19)18-12-3-1-2-10(12)8-17/h4-7,10,12,14H,1-3,8,17H2,(H,18,19). The van der Waals surface area contributed by atoms with Crippen LogP contribution in [0.4, 0.5) is 8.78 Å². The summed E-state index contributed by atoms with van der Waals surface area (Å²) >= 11 is 0. The van der Waals surface area contributed by atoms with E-state index in [2.05, 4.69) is 5.32 Å². The molecular formula is C14H18F2N2O3S. The van der Waals surface area contributed by atoms with Crippen molar-refractivity contribution in [2.45, 2.75) is 36.0 Å². The molecule has 0 aromatic heterocycles. The highest BCUT2D eigenvalue weighted by atomic mass is 32.2. The molecule has 1 fully saturated rings. The molecule has 0 bridgehead atoms. The summed E-state index contributed by atoms with van der Waals surface area (Å²) in [5.74, 6) is -3.59. The predicted molar refractivity (Wildman–Crippen MR) is 77.3 cm³/mol. The fraction of sp³-hybridized carbons (Fsp3) is 0.500. The van der Waals surface area contributed by atoms with Crippen molar-refractivity contribution in [1.29, 1.82) is 0 Å². The Morgan fingerprint density at radius 1 is 1.27 bits per heavy atom. The summed E-state index contributed by atoms with van der Waals surface area (Å²) in [4.78, 5) is 11.6. The summed E-state index contributed by atoms with van der Waals surface area (Å²) in [6, 6.07) is 4.51. The topological polar surface area (TPSA) is 89.3 Å². The van der Waals surface area contributed by atoms with E-state index in [-0.39, 0.29) is 23.4 Å². The highest BCUT2D eigenvalue weighted by Crippen LogP contribution is 2.25. The van der Waals surface area contributed by atoms with Crippen LogP contribution in [-0.2, 0) is 9.84 Å². The molecule has 2 rings (SSSR count). The van der Waals surface area contributed by atoms with E-state index >= 15 is 0 Å². The number of sulfone groups is 1. The first-order valence-corrected chi connectivity index (χ1v) is 8.54. The van der Waals surface area contributed by atoms with Crippen LogP contribution in [0.1, 0.15) is 29.6 Å². The molecular weight excluding hydrogens is 314 g/mol. The van der Waals surface area contributed by atoms with Gasteiger partial charge in [-0.3, -0.25) is 4.79 Å². The van der Waals surface area contributed by atoms with Gasteiger partial charge in [0, 0.05) is 11.6 Å². The minimum atomic E-state index is -4.64. The summed E-state index contributed by atoms with van der Waals surface area (Å²) in [5, 5.41) is 2.86. The summed E-state index contributed by atoms with van der Waals surface area (Å²) < 4.78 is 47.5. The van der Waals surface area contributed by atoms with Crippen molar-refractivity contribution in [3.8, 4) is 0 Å². The first-order valence-electron chi connectivity index (χ1n) is 6.99. The molecule has 0 aliphatic heterocycles. The minimum absolute atomic E-state index is 0.00183. The number of rotatable bonds is 5. The fourth-order valence-corrected chi connectivity index (χ4v) is 3.38. The van der Waals surface area contributed by atoms with E-state index in [1.807, 2.05) is 0 Å². The van der Waals surface area contributed by atoms with Gasteiger partial charge in [0.25, 0.3) is 5.91 Å². The third-order valence-corrected chi connectivity index (χ3v) is 5.36. The number of benzene rings is 1. The van der Waals surface area contributed by atoms with E-state index in [1.165, 1.54) is 12.1 Å². The Kier molecular flexibility index (Phi) is 5.12. The molecule has 22 heavy (non-hydrogen) atoms. The van der Waals surface area contributed by atoms with Crippen molar-refractivity contribution in [1.82, 2.24) is 5.32 Å². The maximum atomic E-state index is 12.4. The molecule has 1 amide bonds. The van der Waals surface area contributed by atoms with Crippen LogP contribution in [0.3, 0.4) is 0 Å². The van der Waals surface area contributed by atoms with E-state index in [0.29, 0.717) is 6.54 Å². The van der Waals surface area contributed by atoms with Crippen molar-refractivity contribution < 1.29 is 22.0 Å². The molecule has 3 N–H and O–H groups in total. The van der Waals surface area contributed by atoms with Crippen molar-refractivity contribution in [2.75, 3.05) is 6.54 Å². The molecule has 0 heterocycles. The number of hydrogen-bond donors (Lipinski definition) is 2. The molecule has 1 aromatic carbocycles. The highest BCUT2D eigenvalue weighted by molar-refractivity contribution is 7.91. The van der Waals surface area contributed by atoms with Crippen molar-refractivity contribution >= 4 is 15.7 Å².